The molecule has 3 rings (SSSR count). The van der Waals surface area contributed by atoms with E-state index in [2.05, 4.69) is 10.3 Å². The minimum Gasteiger partial charge on any atom is -0.506 e. The molecule has 1 heterocycles. The third-order valence-electron chi connectivity index (χ3n) is 3.11. The second-order valence-corrected chi connectivity index (χ2v) is 6.83. The standard InChI is InChI=1S/C17H16N2O2S2/c1-11-10-22-17(18-11)19-13-8-15(21-2)16(9-14(13)20)23-12-6-4-3-5-7-12/h3-10,20H,1-2H3,(H,18,19). The van der Waals surface area contributed by atoms with Crippen LogP contribution in [0.15, 0.2) is 57.6 Å². The molecule has 3 aromatic rings. The van der Waals surface area contributed by atoms with Crippen molar-refractivity contribution in [2.24, 2.45) is 0 Å². The lowest BCUT2D eigenvalue weighted by molar-refractivity contribution is 0.402. The fourth-order valence-corrected chi connectivity index (χ4v) is 3.69. The van der Waals surface area contributed by atoms with Crippen molar-refractivity contribution in [3.05, 3.63) is 53.5 Å². The number of aromatic nitrogens is 1. The lowest BCUT2D eigenvalue weighted by atomic mass is 10.2. The third kappa shape index (κ3) is 3.78. The summed E-state index contributed by atoms with van der Waals surface area (Å²) < 4.78 is 5.47. The summed E-state index contributed by atoms with van der Waals surface area (Å²) in [5.74, 6) is 0.865. The van der Waals surface area contributed by atoms with Gasteiger partial charge in [-0.2, -0.15) is 0 Å². The molecule has 23 heavy (non-hydrogen) atoms. The summed E-state index contributed by atoms with van der Waals surface area (Å²) in [5.41, 5.74) is 1.52. The highest BCUT2D eigenvalue weighted by Crippen LogP contribution is 2.41. The molecule has 0 radical (unpaired) electrons. The predicted molar refractivity (Wildman–Crippen MR) is 95.4 cm³/mol. The number of phenols is 1. The average Bonchev–Trinajstić information content (AvgIpc) is 2.96. The Labute approximate surface area is 143 Å². The predicted octanol–water partition coefficient (Wildman–Crippen LogP) is 5.06. The fraction of sp³-hybridized carbons (Fsp3) is 0.118. The van der Waals surface area contributed by atoms with Crippen molar-refractivity contribution in [3.63, 3.8) is 0 Å². The zero-order chi connectivity index (χ0) is 16.2. The summed E-state index contributed by atoms with van der Waals surface area (Å²) in [5, 5.41) is 16.1. The highest BCUT2D eigenvalue weighted by atomic mass is 32.2. The number of anilines is 2. The Balaban J connectivity index is 1.89. The second kappa shape index (κ2) is 6.93. The summed E-state index contributed by atoms with van der Waals surface area (Å²) in [6.07, 6.45) is 0. The van der Waals surface area contributed by atoms with Crippen molar-refractivity contribution in [2.45, 2.75) is 16.7 Å². The maximum absolute atomic E-state index is 10.3. The van der Waals surface area contributed by atoms with Crippen molar-refractivity contribution in [1.82, 2.24) is 4.98 Å². The van der Waals surface area contributed by atoms with Gasteiger partial charge in [0.2, 0.25) is 0 Å². The Morgan fingerprint density at radius 3 is 2.65 bits per heavy atom. The quantitative estimate of drug-likeness (QED) is 0.634. The number of thiazole rings is 1. The molecule has 2 aromatic carbocycles. The van der Waals surface area contributed by atoms with Gasteiger partial charge in [-0.05, 0) is 25.1 Å². The van der Waals surface area contributed by atoms with E-state index in [1.807, 2.05) is 42.6 Å². The maximum atomic E-state index is 10.3. The maximum Gasteiger partial charge on any atom is 0.187 e. The summed E-state index contributed by atoms with van der Waals surface area (Å²) in [6.45, 7) is 1.93. The Bertz CT molecular complexity index is 804. The zero-order valence-electron chi connectivity index (χ0n) is 12.7. The summed E-state index contributed by atoms with van der Waals surface area (Å²) in [4.78, 5) is 6.29. The topological polar surface area (TPSA) is 54.4 Å². The molecule has 0 aliphatic rings. The summed E-state index contributed by atoms with van der Waals surface area (Å²) in [6, 6.07) is 13.5. The molecule has 0 aliphatic heterocycles. The van der Waals surface area contributed by atoms with E-state index in [0.717, 1.165) is 20.6 Å². The first-order chi connectivity index (χ1) is 11.2. The molecule has 118 valence electrons. The second-order valence-electron chi connectivity index (χ2n) is 4.85. The van der Waals surface area contributed by atoms with Crippen LogP contribution in [0.1, 0.15) is 5.69 Å². The van der Waals surface area contributed by atoms with Gasteiger partial charge in [0.05, 0.1) is 23.4 Å². The minimum atomic E-state index is 0.164. The first kappa shape index (κ1) is 15.7. The number of nitrogens with zero attached hydrogens (tertiary/aromatic N) is 1. The Morgan fingerprint density at radius 2 is 2.00 bits per heavy atom. The number of phenolic OH excluding ortho intramolecular Hbond substituents is 1. The molecule has 0 saturated heterocycles. The number of rotatable bonds is 5. The van der Waals surface area contributed by atoms with Gasteiger partial charge in [0.25, 0.3) is 0 Å². The van der Waals surface area contributed by atoms with Gasteiger partial charge in [0.1, 0.15) is 11.5 Å². The van der Waals surface area contributed by atoms with E-state index in [-0.39, 0.29) is 5.75 Å². The molecule has 0 bridgehead atoms. The Hall–Kier alpha value is -2.18. The van der Waals surface area contributed by atoms with Crippen molar-refractivity contribution in [1.29, 1.82) is 0 Å². The van der Waals surface area contributed by atoms with E-state index in [4.69, 9.17) is 4.74 Å². The molecule has 2 N–H and O–H groups in total. The molecular weight excluding hydrogens is 328 g/mol. The Kier molecular flexibility index (Phi) is 4.73. The van der Waals surface area contributed by atoms with E-state index < -0.39 is 0 Å². The normalized spacial score (nSPS) is 10.5. The number of hydrogen-bond donors (Lipinski definition) is 2. The summed E-state index contributed by atoms with van der Waals surface area (Å²) in [7, 11) is 1.62. The van der Waals surface area contributed by atoms with E-state index in [0.29, 0.717) is 11.4 Å². The lowest BCUT2D eigenvalue weighted by Crippen LogP contribution is -1.93. The van der Waals surface area contributed by atoms with Crippen molar-refractivity contribution in [3.8, 4) is 11.5 Å². The van der Waals surface area contributed by atoms with Gasteiger partial charge >= 0.3 is 0 Å². The first-order valence-electron chi connectivity index (χ1n) is 6.99. The van der Waals surface area contributed by atoms with Crippen molar-refractivity contribution >= 4 is 33.9 Å². The molecule has 0 fully saturated rings. The number of methoxy groups -OCH3 is 1. The summed E-state index contributed by atoms with van der Waals surface area (Å²) >= 11 is 3.04. The minimum absolute atomic E-state index is 0.164. The van der Waals surface area contributed by atoms with Crippen LogP contribution in [0.5, 0.6) is 11.5 Å². The molecule has 0 unspecified atom stereocenters. The van der Waals surface area contributed by atoms with Gasteiger partial charge in [-0.1, -0.05) is 30.0 Å². The molecule has 1 aromatic heterocycles. The van der Waals surface area contributed by atoms with Crippen LogP contribution < -0.4 is 10.1 Å². The molecule has 0 atom stereocenters. The number of nitrogens with one attached hydrogen (secondary N) is 1. The molecule has 6 heteroatoms. The number of hydrogen-bond acceptors (Lipinski definition) is 6. The van der Waals surface area contributed by atoms with Crippen LogP contribution in [-0.4, -0.2) is 17.2 Å². The number of aryl methyl sites for hydroxylation is 1. The highest BCUT2D eigenvalue weighted by molar-refractivity contribution is 7.99. The van der Waals surface area contributed by atoms with Crippen LogP contribution in [0.3, 0.4) is 0 Å². The van der Waals surface area contributed by atoms with Crippen LogP contribution in [0.2, 0.25) is 0 Å². The van der Waals surface area contributed by atoms with Gasteiger partial charge in [-0.3, -0.25) is 0 Å². The van der Waals surface area contributed by atoms with Crippen LogP contribution in [0.25, 0.3) is 0 Å². The number of aromatic hydroxyl groups is 1. The van der Waals surface area contributed by atoms with E-state index in [1.165, 1.54) is 11.3 Å². The van der Waals surface area contributed by atoms with Crippen LogP contribution in [0, 0.1) is 6.92 Å². The smallest absolute Gasteiger partial charge is 0.187 e. The Morgan fingerprint density at radius 1 is 1.22 bits per heavy atom. The first-order valence-corrected chi connectivity index (χ1v) is 8.68. The molecule has 4 nitrogen and oxygen atoms in total. The van der Waals surface area contributed by atoms with Crippen LogP contribution in [0.4, 0.5) is 10.8 Å². The van der Waals surface area contributed by atoms with Crippen molar-refractivity contribution < 1.29 is 9.84 Å². The van der Waals surface area contributed by atoms with Gasteiger partial charge in [-0.25, -0.2) is 4.98 Å². The highest BCUT2D eigenvalue weighted by Gasteiger charge is 2.12. The van der Waals surface area contributed by atoms with Gasteiger partial charge in [0.15, 0.2) is 5.13 Å². The zero-order valence-corrected chi connectivity index (χ0v) is 14.4. The molecule has 0 aliphatic carbocycles. The van der Waals surface area contributed by atoms with Gasteiger partial charge < -0.3 is 15.2 Å². The molecule has 0 spiro atoms. The number of ether oxygens (including phenoxy) is 1. The SMILES string of the molecule is COc1cc(Nc2nc(C)cs2)c(O)cc1Sc1ccccc1. The van der Waals surface area contributed by atoms with E-state index in [1.54, 1.807) is 31.0 Å². The lowest BCUT2D eigenvalue weighted by Gasteiger charge is -2.13. The molecular formula is C17H16N2O2S2. The number of benzene rings is 2. The van der Waals surface area contributed by atoms with Crippen LogP contribution >= 0.6 is 23.1 Å². The molecule has 0 amide bonds. The van der Waals surface area contributed by atoms with E-state index >= 15 is 0 Å². The monoisotopic (exact) mass is 344 g/mol. The van der Waals surface area contributed by atoms with E-state index in [9.17, 15) is 5.11 Å². The van der Waals surface area contributed by atoms with Gasteiger partial charge in [-0.15, -0.1) is 11.3 Å². The molecule has 0 saturated carbocycles. The van der Waals surface area contributed by atoms with Gasteiger partial charge in [0, 0.05) is 16.3 Å². The average molecular weight is 344 g/mol. The third-order valence-corrected chi connectivity index (χ3v) is 5.04. The fourth-order valence-electron chi connectivity index (χ4n) is 2.03. The van der Waals surface area contributed by atoms with Crippen molar-refractivity contribution in [2.75, 3.05) is 12.4 Å². The largest absolute Gasteiger partial charge is 0.506 e. The van der Waals surface area contributed by atoms with Crippen LogP contribution in [-0.2, 0) is 0 Å².